The fourth-order valence-electron chi connectivity index (χ4n) is 3.38. The second-order valence-electron chi connectivity index (χ2n) is 6.24. The summed E-state index contributed by atoms with van der Waals surface area (Å²) < 4.78 is 2.18. The molecule has 0 unspecified atom stereocenters. The van der Waals surface area contributed by atoms with Gasteiger partial charge >= 0.3 is 5.17 Å². The third-order valence-electron chi connectivity index (χ3n) is 4.63. The monoisotopic (exact) mass is 325 g/mol. The van der Waals surface area contributed by atoms with Crippen LogP contribution in [-0.2, 0) is 5.72 Å². The summed E-state index contributed by atoms with van der Waals surface area (Å²) in [7, 11) is 0. The summed E-state index contributed by atoms with van der Waals surface area (Å²) in [5.41, 5.74) is 2.42. The van der Waals surface area contributed by atoms with Crippen molar-refractivity contribution in [3.8, 4) is 0 Å². The minimum absolute atomic E-state index is 0.572. The van der Waals surface area contributed by atoms with Crippen molar-refractivity contribution in [2.75, 3.05) is 23.7 Å². The summed E-state index contributed by atoms with van der Waals surface area (Å²) in [5.74, 6) is 1.11. The largest absolute Gasteiger partial charge is 0.346 e. The van der Waals surface area contributed by atoms with E-state index >= 15 is 0 Å². The van der Waals surface area contributed by atoms with Crippen molar-refractivity contribution in [2.24, 2.45) is 0 Å². The molecule has 0 aliphatic carbocycles. The fraction of sp³-hybridized carbons (Fsp3) is 0.316. The summed E-state index contributed by atoms with van der Waals surface area (Å²) in [6, 6.07) is 18.6. The van der Waals surface area contributed by atoms with E-state index in [9.17, 15) is 5.11 Å². The van der Waals surface area contributed by atoms with E-state index in [4.69, 9.17) is 0 Å². The molecule has 0 fully saturated rings. The zero-order valence-corrected chi connectivity index (χ0v) is 14.1. The molecule has 1 atom stereocenters. The highest BCUT2D eigenvalue weighted by Gasteiger charge is 2.53. The standard InChI is InChI=1S/C19H21N2OS/c1-15-8-10-17(11-9-15)20-14-19(22,16-6-3-2-4-7-16)21-12-5-13-23-18(20)21/h2-4,6-11,22H,5,12-14H2,1H3/q+1/t19-/m0/s1. The molecule has 4 rings (SSSR count). The highest BCUT2D eigenvalue weighted by atomic mass is 32.2. The minimum Gasteiger partial charge on any atom is -0.346 e. The lowest BCUT2D eigenvalue weighted by molar-refractivity contribution is -0.656. The second kappa shape index (κ2) is 5.69. The van der Waals surface area contributed by atoms with Crippen LogP contribution >= 0.6 is 11.8 Å². The van der Waals surface area contributed by atoms with Crippen molar-refractivity contribution in [1.29, 1.82) is 0 Å². The first-order chi connectivity index (χ1) is 11.2. The first kappa shape index (κ1) is 14.8. The van der Waals surface area contributed by atoms with Crippen molar-refractivity contribution in [2.45, 2.75) is 19.1 Å². The van der Waals surface area contributed by atoms with Gasteiger partial charge in [0.15, 0.2) is 6.54 Å². The Labute approximate surface area is 141 Å². The Morgan fingerprint density at radius 1 is 1.09 bits per heavy atom. The molecule has 23 heavy (non-hydrogen) atoms. The van der Waals surface area contributed by atoms with Gasteiger partial charge in [-0.05, 0) is 37.2 Å². The van der Waals surface area contributed by atoms with Crippen molar-refractivity contribution >= 4 is 22.6 Å². The molecule has 118 valence electrons. The lowest BCUT2D eigenvalue weighted by Gasteiger charge is -2.24. The molecule has 3 nitrogen and oxygen atoms in total. The van der Waals surface area contributed by atoms with Gasteiger partial charge in [0.2, 0.25) is 0 Å². The highest BCUT2D eigenvalue weighted by Crippen LogP contribution is 2.37. The van der Waals surface area contributed by atoms with Gasteiger partial charge in [0.25, 0.3) is 5.72 Å². The Kier molecular flexibility index (Phi) is 3.66. The van der Waals surface area contributed by atoms with Gasteiger partial charge in [0, 0.05) is 11.3 Å². The van der Waals surface area contributed by atoms with Crippen LogP contribution in [0.4, 0.5) is 5.69 Å². The molecule has 2 aliphatic heterocycles. The number of thioether (sulfide) groups is 1. The van der Waals surface area contributed by atoms with E-state index in [0.29, 0.717) is 6.54 Å². The van der Waals surface area contributed by atoms with Gasteiger partial charge in [-0.3, -0.25) is 0 Å². The van der Waals surface area contributed by atoms with E-state index in [1.165, 1.54) is 10.7 Å². The number of aliphatic hydroxyl groups is 1. The number of anilines is 1. The number of hydrogen-bond donors (Lipinski definition) is 1. The first-order valence-electron chi connectivity index (χ1n) is 8.08. The summed E-state index contributed by atoms with van der Waals surface area (Å²) in [6.45, 7) is 3.57. The maximum atomic E-state index is 11.5. The first-order valence-corrected chi connectivity index (χ1v) is 9.06. The van der Waals surface area contributed by atoms with Crippen LogP contribution in [0.25, 0.3) is 0 Å². The maximum absolute atomic E-state index is 11.5. The van der Waals surface area contributed by atoms with Crippen LogP contribution in [0.15, 0.2) is 54.6 Å². The predicted octanol–water partition coefficient (Wildman–Crippen LogP) is 3.17. The molecule has 2 heterocycles. The topological polar surface area (TPSA) is 26.5 Å². The summed E-state index contributed by atoms with van der Waals surface area (Å²) >= 11 is 1.85. The maximum Gasteiger partial charge on any atom is 0.316 e. The van der Waals surface area contributed by atoms with E-state index in [0.717, 1.165) is 30.0 Å². The smallest absolute Gasteiger partial charge is 0.316 e. The van der Waals surface area contributed by atoms with Crippen LogP contribution < -0.4 is 4.90 Å². The molecule has 1 N–H and O–H groups in total. The average molecular weight is 325 g/mol. The molecule has 0 amide bonds. The Bertz CT molecular complexity index is 742. The Balaban J connectivity index is 1.79. The molecule has 0 radical (unpaired) electrons. The van der Waals surface area contributed by atoms with Crippen molar-refractivity contribution in [3.05, 3.63) is 65.7 Å². The van der Waals surface area contributed by atoms with Crippen LogP contribution in [0.5, 0.6) is 0 Å². The van der Waals surface area contributed by atoms with Gasteiger partial charge in [0.05, 0.1) is 6.54 Å². The van der Waals surface area contributed by atoms with Gasteiger partial charge in [-0.2, -0.15) is 0 Å². The number of hydrogen-bond acceptors (Lipinski definition) is 3. The molecular formula is C19H21N2OS+. The Morgan fingerprint density at radius 3 is 2.57 bits per heavy atom. The van der Waals surface area contributed by atoms with Crippen LogP contribution in [0.2, 0.25) is 0 Å². The van der Waals surface area contributed by atoms with Crippen LogP contribution in [0.3, 0.4) is 0 Å². The summed E-state index contributed by atoms with van der Waals surface area (Å²) in [6.07, 6.45) is 1.10. The average Bonchev–Trinajstić information content (AvgIpc) is 2.91. The number of β-amino-alcohol motifs (C(OH)–C–C–N with tert-alkyl or cyclic N) is 1. The van der Waals surface area contributed by atoms with Crippen LogP contribution in [0, 0.1) is 6.92 Å². The van der Waals surface area contributed by atoms with E-state index in [1.54, 1.807) is 0 Å². The van der Waals surface area contributed by atoms with E-state index in [2.05, 4.69) is 40.7 Å². The van der Waals surface area contributed by atoms with Gasteiger partial charge in [-0.15, -0.1) is 0 Å². The lowest BCUT2D eigenvalue weighted by Crippen LogP contribution is -2.41. The number of amidine groups is 1. The van der Waals surface area contributed by atoms with Gasteiger partial charge in [0.1, 0.15) is 5.69 Å². The molecular weight excluding hydrogens is 304 g/mol. The SMILES string of the molecule is Cc1ccc(N2C[C@](O)(c3ccccc3)[N+]3=C2SCCC3)cc1. The molecule has 4 heteroatoms. The zero-order chi connectivity index (χ0) is 15.9. The van der Waals surface area contributed by atoms with Crippen molar-refractivity contribution < 1.29 is 9.68 Å². The minimum atomic E-state index is -0.950. The molecule has 2 aromatic rings. The zero-order valence-electron chi connectivity index (χ0n) is 13.3. The normalized spacial score (nSPS) is 24.0. The molecule has 2 aliphatic rings. The molecule has 0 bridgehead atoms. The molecule has 0 spiro atoms. The van der Waals surface area contributed by atoms with Crippen molar-refractivity contribution in [1.82, 2.24) is 0 Å². The quantitative estimate of drug-likeness (QED) is 0.859. The van der Waals surface area contributed by atoms with Crippen LogP contribution in [-0.4, -0.2) is 33.7 Å². The van der Waals surface area contributed by atoms with Gasteiger partial charge in [-0.1, -0.05) is 48.0 Å². The number of benzene rings is 2. The Morgan fingerprint density at radius 2 is 1.83 bits per heavy atom. The molecule has 0 aromatic heterocycles. The van der Waals surface area contributed by atoms with E-state index in [1.807, 2.05) is 42.1 Å². The number of aryl methyl sites for hydroxylation is 1. The van der Waals surface area contributed by atoms with Crippen LogP contribution in [0.1, 0.15) is 17.5 Å². The number of nitrogens with zero attached hydrogens (tertiary/aromatic N) is 2. The fourth-order valence-corrected chi connectivity index (χ4v) is 4.56. The van der Waals surface area contributed by atoms with E-state index in [-0.39, 0.29) is 0 Å². The summed E-state index contributed by atoms with van der Waals surface area (Å²) in [4.78, 5) is 2.26. The molecule has 2 aromatic carbocycles. The molecule has 0 saturated carbocycles. The Hall–Kier alpha value is -1.78. The third kappa shape index (κ3) is 2.46. The molecule has 0 saturated heterocycles. The highest BCUT2D eigenvalue weighted by molar-refractivity contribution is 8.13. The van der Waals surface area contributed by atoms with Crippen molar-refractivity contribution in [3.63, 3.8) is 0 Å². The number of rotatable bonds is 2. The second-order valence-corrected chi connectivity index (χ2v) is 7.30. The summed E-state index contributed by atoms with van der Waals surface area (Å²) in [5, 5.41) is 12.7. The van der Waals surface area contributed by atoms with Gasteiger partial charge < -0.3 is 5.11 Å². The predicted molar refractivity (Wildman–Crippen MR) is 96.1 cm³/mol. The van der Waals surface area contributed by atoms with Gasteiger partial charge in [-0.25, -0.2) is 9.48 Å². The van der Waals surface area contributed by atoms with E-state index < -0.39 is 5.72 Å². The lowest BCUT2D eigenvalue weighted by atomic mass is 10.0. The third-order valence-corrected chi connectivity index (χ3v) is 5.82.